The molecule has 0 saturated heterocycles. The number of hydrogen-bond acceptors (Lipinski definition) is 1. The Morgan fingerprint density at radius 3 is 1.27 bits per heavy atom. The van der Waals surface area contributed by atoms with E-state index in [1.807, 2.05) is 36.4 Å². The number of fused-ring (bicyclic) bond motifs is 2. The highest BCUT2D eigenvalue weighted by molar-refractivity contribution is 5.91. The molecule has 0 amide bonds. The van der Waals surface area contributed by atoms with Crippen molar-refractivity contribution in [3.8, 4) is 22.3 Å². The highest BCUT2D eigenvalue weighted by Crippen LogP contribution is 2.64. The van der Waals surface area contributed by atoms with Gasteiger partial charge in [-0.2, -0.15) is 0 Å². The summed E-state index contributed by atoms with van der Waals surface area (Å²) in [6.07, 6.45) is 0. The van der Waals surface area contributed by atoms with Gasteiger partial charge in [0.1, 0.15) is 11.6 Å². The zero-order valence-corrected chi connectivity index (χ0v) is 32.5. The number of anilines is 3. The molecule has 0 aromatic heterocycles. The smallest absolute Gasteiger partial charge is 0.127 e. The van der Waals surface area contributed by atoms with Gasteiger partial charge in [0.15, 0.2) is 0 Å². The van der Waals surface area contributed by atoms with Gasteiger partial charge in [-0.05, 0) is 114 Å². The standard InChI is InChI=1S/C48H53F2N/c1-43(2)36-25-31(27-38(49)41(36)45(5,6)47(43,9)10)30-23-24-35(32-26-37-42(39(50)28-32)46(7,8)48(11,12)44(37,3)4)40(29-30)51(33-19-15-13-16-20-33)34-21-17-14-18-22-34/h13-29H,1-12H3. The van der Waals surface area contributed by atoms with Crippen LogP contribution in [0.5, 0.6) is 0 Å². The lowest BCUT2D eigenvalue weighted by molar-refractivity contribution is 0.123. The zero-order valence-electron chi connectivity index (χ0n) is 32.5. The lowest BCUT2D eigenvalue weighted by Gasteiger charge is -2.44. The maximum absolute atomic E-state index is 16.7. The Balaban J connectivity index is 1.51. The molecule has 1 nitrogen and oxygen atoms in total. The monoisotopic (exact) mass is 681 g/mol. The second-order valence-electron chi connectivity index (χ2n) is 18.2. The molecular weight excluding hydrogens is 629 g/mol. The van der Waals surface area contributed by atoms with Crippen LogP contribution >= 0.6 is 0 Å². The lowest BCUT2D eigenvalue weighted by Crippen LogP contribution is -2.42. The third kappa shape index (κ3) is 4.69. The first-order chi connectivity index (χ1) is 23.7. The van der Waals surface area contributed by atoms with Crippen molar-refractivity contribution in [2.75, 3.05) is 4.90 Å². The average Bonchev–Trinajstić information content (AvgIpc) is 3.25. The molecule has 2 aliphatic carbocycles. The Kier molecular flexibility index (Phi) is 7.68. The fourth-order valence-electron chi connectivity index (χ4n) is 9.37. The molecule has 0 radical (unpaired) electrons. The molecule has 5 aromatic carbocycles. The summed E-state index contributed by atoms with van der Waals surface area (Å²) < 4.78 is 33.1. The SMILES string of the molecule is CC1(C)c2cc(-c3ccc(-c4cc(F)c5c(c4)C(C)(C)C(C)(C)C5(C)C)c(N(c4ccccc4)c4ccccc4)c3)cc(F)c2C(C)(C)C1(C)C. The first-order valence-electron chi connectivity index (χ1n) is 18.4. The predicted octanol–water partition coefficient (Wildman–Crippen LogP) is 14.0. The summed E-state index contributed by atoms with van der Waals surface area (Å²) in [7, 11) is 0. The van der Waals surface area contributed by atoms with E-state index in [-0.39, 0.29) is 44.1 Å². The van der Waals surface area contributed by atoms with Gasteiger partial charge in [-0.25, -0.2) is 8.78 Å². The molecule has 2 aliphatic rings. The molecule has 0 aliphatic heterocycles. The molecule has 3 heteroatoms. The first-order valence-corrected chi connectivity index (χ1v) is 18.4. The van der Waals surface area contributed by atoms with Gasteiger partial charge < -0.3 is 4.90 Å². The van der Waals surface area contributed by atoms with E-state index in [4.69, 9.17) is 0 Å². The van der Waals surface area contributed by atoms with Crippen molar-refractivity contribution in [3.05, 3.63) is 137 Å². The molecule has 51 heavy (non-hydrogen) atoms. The minimum absolute atomic E-state index is 0.159. The number of nitrogens with zero attached hydrogens (tertiary/aromatic N) is 1. The summed E-state index contributed by atoms with van der Waals surface area (Å²) in [6.45, 7) is 26.7. The maximum atomic E-state index is 16.7. The van der Waals surface area contributed by atoms with Gasteiger partial charge in [0.2, 0.25) is 0 Å². The van der Waals surface area contributed by atoms with Crippen molar-refractivity contribution in [2.24, 2.45) is 10.8 Å². The second-order valence-corrected chi connectivity index (χ2v) is 18.2. The maximum Gasteiger partial charge on any atom is 0.127 e. The Hall–Kier alpha value is -4.24. The molecule has 0 bridgehead atoms. The highest BCUT2D eigenvalue weighted by atomic mass is 19.1. The van der Waals surface area contributed by atoms with Crippen LogP contribution in [0.25, 0.3) is 22.3 Å². The first kappa shape index (κ1) is 35.2. The van der Waals surface area contributed by atoms with Crippen molar-refractivity contribution in [2.45, 2.75) is 105 Å². The van der Waals surface area contributed by atoms with E-state index >= 15 is 8.78 Å². The molecule has 7 rings (SSSR count). The Bertz CT molecular complexity index is 2130. The minimum Gasteiger partial charge on any atom is -0.310 e. The molecule has 264 valence electrons. The number of hydrogen-bond donors (Lipinski definition) is 0. The molecule has 0 saturated carbocycles. The number of benzene rings is 5. The van der Waals surface area contributed by atoms with Gasteiger partial charge in [-0.15, -0.1) is 0 Å². The molecule has 0 fully saturated rings. The largest absolute Gasteiger partial charge is 0.310 e. The van der Waals surface area contributed by atoms with Gasteiger partial charge in [0.25, 0.3) is 0 Å². The summed E-state index contributed by atoms with van der Waals surface area (Å²) in [5.41, 5.74) is 8.56. The summed E-state index contributed by atoms with van der Waals surface area (Å²) in [5.74, 6) is -0.326. The summed E-state index contributed by atoms with van der Waals surface area (Å²) in [6, 6.07) is 34.8. The van der Waals surface area contributed by atoms with E-state index in [0.717, 1.165) is 61.6 Å². The quantitative estimate of drug-likeness (QED) is 0.178. The predicted molar refractivity (Wildman–Crippen MR) is 212 cm³/mol. The summed E-state index contributed by atoms with van der Waals surface area (Å²) >= 11 is 0. The molecule has 0 N–H and O–H groups in total. The lowest BCUT2D eigenvalue weighted by atomic mass is 9.59. The van der Waals surface area contributed by atoms with Gasteiger partial charge in [0.05, 0.1) is 5.69 Å². The zero-order chi connectivity index (χ0) is 37.1. The third-order valence-electron chi connectivity index (χ3n) is 14.9. The Morgan fingerprint density at radius 1 is 0.412 bits per heavy atom. The molecule has 5 aromatic rings. The summed E-state index contributed by atoms with van der Waals surface area (Å²) in [4.78, 5) is 2.24. The van der Waals surface area contributed by atoms with Gasteiger partial charge in [-0.1, -0.05) is 144 Å². The van der Waals surface area contributed by atoms with Gasteiger partial charge in [-0.3, -0.25) is 0 Å². The van der Waals surface area contributed by atoms with E-state index in [1.165, 1.54) is 0 Å². The Labute approximate surface area is 304 Å². The highest BCUT2D eigenvalue weighted by Gasteiger charge is 2.59. The van der Waals surface area contributed by atoms with Crippen LogP contribution in [-0.4, -0.2) is 0 Å². The molecular formula is C48H53F2N. The van der Waals surface area contributed by atoms with Crippen LogP contribution < -0.4 is 4.90 Å². The Morgan fingerprint density at radius 2 is 0.824 bits per heavy atom. The van der Waals surface area contributed by atoms with Crippen molar-refractivity contribution >= 4 is 17.1 Å². The topological polar surface area (TPSA) is 3.24 Å². The van der Waals surface area contributed by atoms with Crippen molar-refractivity contribution < 1.29 is 8.78 Å². The van der Waals surface area contributed by atoms with Crippen molar-refractivity contribution in [1.82, 2.24) is 0 Å². The molecule has 0 spiro atoms. The molecule has 0 atom stereocenters. The third-order valence-corrected chi connectivity index (χ3v) is 14.9. The van der Waals surface area contributed by atoms with E-state index in [1.54, 1.807) is 12.1 Å². The summed E-state index contributed by atoms with van der Waals surface area (Å²) in [5, 5.41) is 0. The van der Waals surface area contributed by atoms with Crippen LogP contribution in [-0.2, 0) is 21.7 Å². The average molecular weight is 682 g/mol. The van der Waals surface area contributed by atoms with E-state index in [9.17, 15) is 0 Å². The van der Waals surface area contributed by atoms with E-state index in [0.29, 0.717) is 0 Å². The van der Waals surface area contributed by atoms with Crippen LogP contribution in [0.2, 0.25) is 0 Å². The fourth-order valence-corrected chi connectivity index (χ4v) is 9.37. The number of para-hydroxylation sites is 2. The van der Waals surface area contributed by atoms with Crippen molar-refractivity contribution in [1.29, 1.82) is 0 Å². The minimum atomic E-state index is -0.351. The van der Waals surface area contributed by atoms with Crippen LogP contribution in [0.4, 0.5) is 25.8 Å². The van der Waals surface area contributed by atoms with Crippen molar-refractivity contribution in [3.63, 3.8) is 0 Å². The van der Waals surface area contributed by atoms with E-state index < -0.39 is 0 Å². The van der Waals surface area contributed by atoms with Crippen LogP contribution in [0.15, 0.2) is 103 Å². The van der Waals surface area contributed by atoms with Crippen LogP contribution in [0, 0.1) is 22.5 Å². The second kappa shape index (κ2) is 11.1. The van der Waals surface area contributed by atoms with Gasteiger partial charge in [0, 0.05) is 16.9 Å². The normalized spacial score (nSPS) is 19.7. The van der Waals surface area contributed by atoms with Crippen LogP contribution in [0.1, 0.15) is 105 Å². The molecule has 0 heterocycles. The number of rotatable bonds is 5. The van der Waals surface area contributed by atoms with Gasteiger partial charge >= 0.3 is 0 Å². The fraction of sp³-hybridized carbons (Fsp3) is 0.375. The van der Waals surface area contributed by atoms with Crippen LogP contribution in [0.3, 0.4) is 0 Å². The molecule has 0 unspecified atom stereocenters. The van der Waals surface area contributed by atoms with E-state index in [2.05, 4.69) is 143 Å². The number of halogens is 2.